The highest BCUT2D eigenvalue weighted by atomic mass is 16.1. The number of rotatable bonds is 5. The molecule has 0 saturated carbocycles. The minimum Gasteiger partial charge on any atom is -0.303 e. The second-order valence-corrected chi connectivity index (χ2v) is 4.55. The van der Waals surface area contributed by atoms with Gasteiger partial charge in [-0.2, -0.15) is 0 Å². The quantitative estimate of drug-likeness (QED) is 0.669. The normalized spacial score (nSPS) is 14.6. The first-order chi connectivity index (χ1) is 7.12. The van der Waals surface area contributed by atoms with Crippen molar-refractivity contribution in [3.05, 3.63) is 35.4 Å². The van der Waals surface area contributed by atoms with Crippen molar-refractivity contribution in [3.8, 4) is 0 Å². The lowest BCUT2D eigenvalue weighted by atomic mass is 9.76. The molecule has 15 heavy (non-hydrogen) atoms. The lowest BCUT2D eigenvalue weighted by Gasteiger charge is -2.27. The number of hydrogen-bond acceptors (Lipinski definition) is 1. The van der Waals surface area contributed by atoms with Gasteiger partial charge in [-0.15, -0.1) is 0 Å². The molecule has 0 saturated heterocycles. The van der Waals surface area contributed by atoms with E-state index in [0.29, 0.717) is 6.42 Å². The Balaban J connectivity index is 2.97. The number of benzene rings is 1. The average Bonchev–Trinajstić information content (AvgIpc) is 2.19. The van der Waals surface area contributed by atoms with Crippen molar-refractivity contribution < 1.29 is 4.79 Å². The van der Waals surface area contributed by atoms with Crippen LogP contribution in [0.2, 0.25) is 0 Å². The summed E-state index contributed by atoms with van der Waals surface area (Å²) in [4.78, 5) is 10.7. The SMILES string of the molecule is CCCC(C)(CC=O)c1ccc(C)cc1. The van der Waals surface area contributed by atoms with Gasteiger partial charge in [-0.1, -0.05) is 50.1 Å². The van der Waals surface area contributed by atoms with Gasteiger partial charge in [0.2, 0.25) is 0 Å². The fourth-order valence-corrected chi connectivity index (χ4v) is 2.06. The van der Waals surface area contributed by atoms with Gasteiger partial charge in [0.1, 0.15) is 6.29 Å². The highest BCUT2D eigenvalue weighted by molar-refractivity contribution is 5.53. The summed E-state index contributed by atoms with van der Waals surface area (Å²) in [6.07, 6.45) is 3.83. The minimum absolute atomic E-state index is 0.0181. The van der Waals surface area contributed by atoms with Crippen LogP contribution in [0.15, 0.2) is 24.3 Å². The summed E-state index contributed by atoms with van der Waals surface area (Å²) in [6, 6.07) is 8.53. The highest BCUT2D eigenvalue weighted by Crippen LogP contribution is 2.31. The monoisotopic (exact) mass is 204 g/mol. The van der Waals surface area contributed by atoms with Crippen LogP contribution in [0.3, 0.4) is 0 Å². The fourth-order valence-electron chi connectivity index (χ4n) is 2.06. The molecule has 0 aliphatic rings. The van der Waals surface area contributed by atoms with Crippen LogP contribution < -0.4 is 0 Å². The molecule has 0 spiro atoms. The predicted molar refractivity (Wildman–Crippen MR) is 64.1 cm³/mol. The van der Waals surface area contributed by atoms with Gasteiger partial charge < -0.3 is 4.79 Å². The molecule has 1 atom stereocenters. The second kappa shape index (κ2) is 5.11. The molecule has 1 aromatic carbocycles. The number of carbonyl (C=O) groups is 1. The topological polar surface area (TPSA) is 17.1 Å². The van der Waals surface area contributed by atoms with Crippen molar-refractivity contribution in [1.29, 1.82) is 0 Å². The summed E-state index contributed by atoms with van der Waals surface area (Å²) in [7, 11) is 0. The van der Waals surface area contributed by atoms with Crippen LogP contribution in [-0.4, -0.2) is 6.29 Å². The molecule has 0 aliphatic heterocycles. The maximum atomic E-state index is 10.7. The zero-order valence-corrected chi connectivity index (χ0v) is 9.92. The predicted octanol–water partition coefficient (Wildman–Crippen LogP) is 3.64. The molecule has 82 valence electrons. The summed E-state index contributed by atoms with van der Waals surface area (Å²) < 4.78 is 0. The first-order valence-corrected chi connectivity index (χ1v) is 5.63. The molecule has 0 N–H and O–H groups in total. The molecule has 1 unspecified atom stereocenters. The molecule has 0 radical (unpaired) electrons. The van der Waals surface area contributed by atoms with Crippen LogP contribution in [0, 0.1) is 6.92 Å². The number of aryl methyl sites for hydroxylation is 1. The van der Waals surface area contributed by atoms with Crippen molar-refractivity contribution >= 4 is 6.29 Å². The van der Waals surface area contributed by atoms with Gasteiger partial charge in [0.25, 0.3) is 0 Å². The lowest BCUT2D eigenvalue weighted by molar-refractivity contribution is -0.108. The Hall–Kier alpha value is -1.11. The Morgan fingerprint density at radius 3 is 2.33 bits per heavy atom. The van der Waals surface area contributed by atoms with E-state index in [-0.39, 0.29) is 5.41 Å². The molecule has 1 rings (SSSR count). The maximum Gasteiger partial charge on any atom is 0.120 e. The Bertz CT molecular complexity index is 313. The smallest absolute Gasteiger partial charge is 0.120 e. The van der Waals surface area contributed by atoms with Crippen LogP contribution in [-0.2, 0) is 10.2 Å². The van der Waals surface area contributed by atoms with Crippen LogP contribution in [0.1, 0.15) is 44.2 Å². The van der Waals surface area contributed by atoms with Crippen LogP contribution in [0.25, 0.3) is 0 Å². The lowest BCUT2D eigenvalue weighted by Crippen LogP contribution is -2.22. The van der Waals surface area contributed by atoms with Crippen LogP contribution >= 0.6 is 0 Å². The molecule has 1 heteroatoms. The van der Waals surface area contributed by atoms with Gasteiger partial charge in [0.15, 0.2) is 0 Å². The third-order valence-electron chi connectivity index (χ3n) is 3.08. The van der Waals surface area contributed by atoms with Gasteiger partial charge >= 0.3 is 0 Å². The summed E-state index contributed by atoms with van der Waals surface area (Å²) in [5.41, 5.74) is 2.57. The number of aldehydes is 1. The number of carbonyl (C=O) groups excluding carboxylic acids is 1. The van der Waals surface area contributed by atoms with Gasteiger partial charge in [-0.05, 0) is 24.3 Å². The first kappa shape index (κ1) is 12.0. The van der Waals surface area contributed by atoms with E-state index >= 15 is 0 Å². The Kier molecular flexibility index (Phi) is 4.07. The Labute approximate surface area is 92.5 Å². The van der Waals surface area contributed by atoms with Crippen LogP contribution in [0.4, 0.5) is 0 Å². The molecule has 0 aromatic heterocycles. The van der Waals surface area contributed by atoms with E-state index in [1.54, 1.807) is 0 Å². The number of hydrogen-bond donors (Lipinski definition) is 0. The fraction of sp³-hybridized carbons (Fsp3) is 0.500. The molecule has 1 aromatic rings. The van der Waals surface area contributed by atoms with E-state index in [0.717, 1.165) is 19.1 Å². The molecule has 0 bridgehead atoms. The van der Waals surface area contributed by atoms with Gasteiger partial charge in [-0.25, -0.2) is 0 Å². The zero-order chi connectivity index (χ0) is 11.3. The third-order valence-corrected chi connectivity index (χ3v) is 3.08. The van der Waals surface area contributed by atoms with Crippen molar-refractivity contribution in [1.82, 2.24) is 0 Å². The minimum atomic E-state index is 0.0181. The second-order valence-electron chi connectivity index (χ2n) is 4.55. The van der Waals surface area contributed by atoms with E-state index in [2.05, 4.69) is 45.0 Å². The van der Waals surface area contributed by atoms with E-state index in [1.165, 1.54) is 11.1 Å². The van der Waals surface area contributed by atoms with Crippen molar-refractivity contribution in [2.24, 2.45) is 0 Å². The van der Waals surface area contributed by atoms with Crippen molar-refractivity contribution in [3.63, 3.8) is 0 Å². The third kappa shape index (κ3) is 2.92. The summed E-state index contributed by atoms with van der Waals surface area (Å²) in [6.45, 7) is 6.42. The van der Waals surface area contributed by atoms with Gasteiger partial charge in [0.05, 0.1) is 0 Å². The average molecular weight is 204 g/mol. The molecular formula is C14H20O. The molecule has 0 fully saturated rings. The standard InChI is InChI=1S/C14H20O/c1-4-9-14(3,10-11-15)13-7-5-12(2)6-8-13/h5-8,11H,4,9-10H2,1-3H3. The largest absolute Gasteiger partial charge is 0.303 e. The molecular weight excluding hydrogens is 184 g/mol. The molecule has 1 nitrogen and oxygen atoms in total. The van der Waals surface area contributed by atoms with Crippen molar-refractivity contribution in [2.45, 2.75) is 45.4 Å². The van der Waals surface area contributed by atoms with Gasteiger partial charge in [-0.3, -0.25) is 0 Å². The Morgan fingerprint density at radius 1 is 1.27 bits per heavy atom. The molecule has 0 amide bonds. The Morgan fingerprint density at radius 2 is 1.87 bits per heavy atom. The summed E-state index contributed by atoms with van der Waals surface area (Å²) in [5, 5.41) is 0. The molecule has 0 aliphatic carbocycles. The van der Waals surface area contributed by atoms with Gasteiger partial charge in [0, 0.05) is 6.42 Å². The van der Waals surface area contributed by atoms with E-state index in [9.17, 15) is 4.79 Å². The van der Waals surface area contributed by atoms with Crippen molar-refractivity contribution in [2.75, 3.05) is 0 Å². The van der Waals surface area contributed by atoms with E-state index in [4.69, 9.17) is 0 Å². The molecule has 0 heterocycles. The summed E-state index contributed by atoms with van der Waals surface area (Å²) in [5.74, 6) is 0. The zero-order valence-electron chi connectivity index (χ0n) is 9.92. The first-order valence-electron chi connectivity index (χ1n) is 5.63. The summed E-state index contributed by atoms with van der Waals surface area (Å²) >= 11 is 0. The van der Waals surface area contributed by atoms with E-state index < -0.39 is 0 Å². The van der Waals surface area contributed by atoms with E-state index in [1.807, 2.05) is 0 Å². The maximum absolute atomic E-state index is 10.7. The van der Waals surface area contributed by atoms with Crippen LogP contribution in [0.5, 0.6) is 0 Å². The highest BCUT2D eigenvalue weighted by Gasteiger charge is 2.24.